The molecule has 0 saturated heterocycles. The van der Waals surface area contributed by atoms with Crippen LogP contribution in [0, 0.1) is 0 Å². The first-order valence-corrected chi connectivity index (χ1v) is 11.7. The van der Waals surface area contributed by atoms with Crippen LogP contribution in [0.4, 0.5) is 0 Å². The monoisotopic (exact) mass is 464 g/mol. The minimum Gasteiger partial charge on any atom is -0.497 e. The highest BCUT2D eigenvalue weighted by Crippen LogP contribution is 2.47. The van der Waals surface area contributed by atoms with E-state index in [1.165, 1.54) is 0 Å². The maximum atomic E-state index is 13.5. The fourth-order valence-electron chi connectivity index (χ4n) is 5.38. The normalized spacial score (nSPS) is 13.5. The predicted molar refractivity (Wildman–Crippen MR) is 137 cm³/mol. The highest BCUT2D eigenvalue weighted by Gasteiger charge is 2.43. The van der Waals surface area contributed by atoms with Gasteiger partial charge >= 0.3 is 0 Å². The molecule has 0 spiro atoms. The number of ketones is 1. The molecule has 4 heteroatoms. The zero-order valence-electron chi connectivity index (χ0n) is 20.2. The standard InChI is InChI=1S/C31H28O4/c1-33-23-10-8-9-21(15-23)19-31(20-22-16-24(34-2)18-25(17-22)35-3)28-13-6-4-11-26(28)30(32)27-12-5-7-14-29(27)31/h4-18H,19-20H2,1-3H3. The first-order chi connectivity index (χ1) is 17.1. The van der Waals surface area contributed by atoms with Crippen molar-refractivity contribution in [2.45, 2.75) is 18.3 Å². The molecule has 1 aliphatic rings. The van der Waals surface area contributed by atoms with Crippen LogP contribution in [0.2, 0.25) is 0 Å². The van der Waals surface area contributed by atoms with Gasteiger partial charge in [0.25, 0.3) is 0 Å². The summed E-state index contributed by atoms with van der Waals surface area (Å²) in [4.78, 5) is 13.5. The van der Waals surface area contributed by atoms with Crippen LogP contribution in [-0.4, -0.2) is 27.1 Å². The van der Waals surface area contributed by atoms with Crippen LogP contribution >= 0.6 is 0 Å². The molecule has 0 N–H and O–H groups in total. The van der Waals surface area contributed by atoms with Crippen LogP contribution in [0.3, 0.4) is 0 Å². The quantitative estimate of drug-likeness (QED) is 0.335. The summed E-state index contributed by atoms with van der Waals surface area (Å²) in [5.41, 5.74) is 5.31. The lowest BCUT2D eigenvalue weighted by Gasteiger charge is -2.41. The summed E-state index contributed by atoms with van der Waals surface area (Å²) in [5, 5.41) is 0. The topological polar surface area (TPSA) is 44.8 Å². The summed E-state index contributed by atoms with van der Waals surface area (Å²) in [6, 6.07) is 30.2. The lowest BCUT2D eigenvalue weighted by molar-refractivity contribution is 0.102. The number of hydrogen-bond acceptors (Lipinski definition) is 4. The SMILES string of the molecule is COc1cccc(CC2(Cc3cc(OC)cc(OC)c3)c3ccccc3C(=O)c3ccccc32)c1. The molecule has 0 radical (unpaired) electrons. The number of rotatable bonds is 7. The van der Waals surface area contributed by atoms with E-state index in [1.54, 1.807) is 21.3 Å². The number of methoxy groups -OCH3 is 3. The summed E-state index contributed by atoms with van der Waals surface area (Å²) in [5.74, 6) is 2.36. The Kier molecular flexibility index (Phi) is 6.04. The van der Waals surface area contributed by atoms with Gasteiger partial charge in [0.05, 0.1) is 21.3 Å². The highest BCUT2D eigenvalue weighted by atomic mass is 16.5. The van der Waals surface area contributed by atoms with Crippen LogP contribution < -0.4 is 14.2 Å². The van der Waals surface area contributed by atoms with Gasteiger partial charge in [0, 0.05) is 22.6 Å². The molecule has 0 fully saturated rings. The molecule has 0 aromatic heterocycles. The molecule has 4 aromatic carbocycles. The molecule has 4 aromatic rings. The highest BCUT2D eigenvalue weighted by molar-refractivity contribution is 6.13. The molecule has 35 heavy (non-hydrogen) atoms. The van der Waals surface area contributed by atoms with Crippen molar-refractivity contribution >= 4 is 5.78 Å². The van der Waals surface area contributed by atoms with Gasteiger partial charge in [0.1, 0.15) is 17.2 Å². The van der Waals surface area contributed by atoms with Gasteiger partial charge in [0.15, 0.2) is 5.78 Å². The van der Waals surface area contributed by atoms with Gasteiger partial charge in [0.2, 0.25) is 0 Å². The van der Waals surface area contributed by atoms with Gasteiger partial charge in [-0.1, -0.05) is 60.7 Å². The Morgan fingerprint density at radius 2 is 1.09 bits per heavy atom. The van der Waals surface area contributed by atoms with E-state index in [1.807, 2.05) is 54.6 Å². The molecule has 0 amide bonds. The molecule has 5 rings (SSSR count). The lowest BCUT2D eigenvalue weighted by atomic mass is 9.61. The third-order valence-corrected chi connectivity index (χ3v) is 6.93. The minimum atomic E-state index is -0.481. The third kappa shape index (κ3) is 4.06. The van der Waals surface area contributed by atoms with Crippen molar-refractivity contribution in [3.8, 4) is 17.2 Å². The maximum Gasteiger partial charge on any atom is 0.193 e. The van der Waals surface area contributed by atoms with Crippen LogP contribution in [0.25, 0.3) is 0 Å². The van der Waals surface area contributed by atoms with Crippen LogP contribution in [0.15, 0.2) is 91.0 Å². The van der Waals surface area contributed by atoms with Crippen molar-refractivity contribution in [1.29, 1.82) is 0 Å². The fraction of sp³-hybridized carbons (Fsp3) is 0.194. The number of carbonyl (C=O) groups is 1. The zero-order chi connectivity index (χ0) is 24.4. The van der Waals surface area contributed by atoms with Crippen LogP contribution in [0.1, 0.15) is 38.2 Å². The Labute approximate surface area is 206 Å². The van der Waals surface area contributed by atoms with Crippen molar-refractivity contribution in [3.63, 3.8) is 0 Å². The molecular weight excluding hydrogens is 436 g/mol. The molecule has 0 saturated carbocycles. The van der Waals surface area contributed by atoms with Gasteiger partial charge in [-0.25, -0.2) is 0 Å². The van der Waals surface area contributed by atoms with E-state index in [9.17, 15) is 4.79 Å². The molecule has 1 aliphatic carbocycles. The Bertz CT molecular complexity index is 1320. The molecule has 0 aliphatic heterocycles. The Balaban J connectivity index is 1.77. The van der Waals surface area contributed by atoms with E-state index in [0.29, 0.717) is 12.8 Å². The summed E-state index contributed by atoms with van der Waals surface area (Å²) in [6.45, 7) is 0. The molecule has 0 heterocycles. The summed E-state index contributed by atoms with van der Waals surface area (Å²) >= 11 is 0. The second-order valence-electron chi connectivity index (χ2n) is 8.93. The second-order valence-corrected chi connectivity index (χ2v) is 8.93. The van der Waals surface area contributed by atoms with Crippen molar-refractivity contribution in [2.75, 3.05) is 21.3 Å². The molecule has 0 atom stereocenters. The average molecular weight is 465 g/mol. The molecule has 0 unspecified atom stereocenters. The summed E-state index contributed by atoms with van der Waals surface area (Å²) in [6.07, 6.45) is 1.37. The van der Waals surface area contributed by atoms with Crippen molar-refractivity contribution in [2.24, 2.45) is 0 Å². The first-order valence-electron chi connectivity index (χ1n) is 11.7. The van der Waals surface area contributed by atoms with Gasteiger partial charge in [-0.15, -0.1) is 0 Å². The second kappa shape index (κ2) is 9.30. The maximum absolute atomic E-state index is 13.5. The third-order valence-electron chi connectivity index (χ3n) is 6.93. The minimum absolute atomic E-state index is 0.0701. The Morgan fingerprint density at radius 1 is 0.571 bits per heavy atom. The number of carbonyl (C=O) groups excluding carboxylic acids is 1. The molecule has 176 valence electrons. The smallest absolute Gasteiger partial charge is 0.193 e. The van der Waals surface area contributed by atoms with Gasteiger partial charge in [-0.05, 0) is 59.4 Å². The average Bonchev–Trinajstić information content (AvgIpc) is 2.91. The van der Waals surface area contributed by atoms with E-state index < -0.39 is 5.41 Å². The van der Waals surface area contributed by atoms with E-state index >= 15 is 0 Å². The lowest BCUT2D eigenvalue weighted by Crippen LogP contribution is -2.39. The molecule has 4 nitrogen and oxygen atoms in total. The number of benzene rings is 4. The van der Waals surface area contributed by atoms with Gasteiger partial charge < -0.3 is 14.2 Å². The van der Waals surface area contributed by atoms with Crippen LogP contribution in [0.5, 0.6) is 17.2 Å². The Hall–Kier alpha value is -4.05. The Morgan fingerprint density at radius 3 is 1.66 bits per heavy atom. The number of ether oxygens (including phenoxy) is 3. The van der Waals surface area contributed by atoms with Gasteiger partial charge in [-0.3, -0.25) is 4.79 Å². The largest absolute Gasteiger partial charge is 0.497 e. The summed E-state index contributed by atoms with van der Waals surface area (Å²) < 4.78 is 16.7. The van der Waals surface area contributed by atoms with E-state index in [4.69, 9.17) is 14.2 Å². The number of hydrogen-bond donors (Lipinski definition) is 0. The van der Waals surface area contributed by atoms with E-state index in [2.05, 4.69) is 36.4 Å². The van der Waals surface area contributed by atoms with E-state index in [0.717, 1.165) is 50.6 Å². The predicted octanol–water partition coefficient (Wildman–Crippen LogP) is 6.03. The fourth-order valence-corrected chi connectivity index (χ4v) is 5.38. The first kappa shape index (κ1) is 22.7. The van der Waals surface area contributed by atoms with Crippen molar-refractivity contribution < 1.29 is 19.0 Å². The summed E-state index contributed by atoms with van der Waals surface area (Å²) in [7, 11) is 5.00. The number of fused-ring (bicyclic) bond motifs is 2. The van der Waals surface area contributed by atoms with E-state index in [-0.39, 0.29) is 5.78 Å². The van der Waals surface area contributed by atoms with Crippen molar-refractivity contribution in [3.05, 3.63) is 124 Å². The van der Waals surface area contributed by atoms with Crippen LogP contribution in [-0.2, 0) is 18.3 Å². The zero-order valence-corrected chi connectivity index (χ0v) is 20.2. The molecular formula is C31H28O4. The van der Waals surface area contributed by atoms with Gasteiger partial charge in [-0.2, -0.15) is 0 Å². The van der Waals surface area contributed by atoms with Crippen molar-refractivity contribution in [1.82, 2.24) is 0 Å². The molecule has 0 bridgehead atoms.